The predicted octanol–water partition coefficient (Wildman–Crippen LogP) is -0.332. The van der Waals surface area contributed by atoms with Gasteiger partial charge in [0.2, 0.25) is 0 Å². The Labute approximate surface area is 154 Å². The summed E-state index contributed by atoms with van der Waals surface area (Å²) in [7, 11) is -1.35. The van der Waals surface area contributed by atoms with E-state index in [1.54, 1.807) is 0 Å². The summed E-state index contributed by atoms with van der Waals surface area (Å²) >= 11 is 0. The van der Waals surface area contributed by atoms with Crippen LogP contribution >= 0.6 is 0 Å². The van der Waals surface area contributed by atoms with Gasteiger partial charge in [-0.05, 0) is 30.3 Å². The molecule has 3 atom stereocenters. The van der Waals surface area contributed by atoms with Gasteiger partial charge in [-0.25, -0.2) is 0 Å². The molecule has 6 N–H and O–H groups in total. The van der Waals surface area contributed by atoms with E-state index in [1.165, 1.54) is 11.1 Å². The summed E-state index contributed by atoms with van der Waals surface area (Å²) in [4.78, 5) is 13.9. The van der Waals surface area contributed by atoms with Crippen molar-refractivity contribution in [3.8, 4) is 0 Å². The number of benzene rings is 1. The summed E-state index contributed by atoms with van der Waals surface area (Å²) in [6.07, 6.45) is 2.31. The number of hydrogen-bond acceptors (Lipinski definition) is 6. The highest BCUT2D eigenvalue weighted by Gasteiger charge is 2.49. The summed E-state index contributed by atoms with van der Waals surface area (Å²) < 4.78 is 0. The fraction of sp³-hybridized carbons (Fsp3) is 0.611. The average molecular weight is 361 g/mol. The minimum absolute atomic E-state index is 0.186. The van der Waals surface area contributed by atoms with E-state index >= 15 is 0 Å². The van der Waals surface area contributed by atoms with Crippen LogP contribution in [0.5, 0.6) is 0 Å². The van der Waals surface area contributed by atoms with Gasteiger partial charge in [-0.2, -0.15) is 0 Å². The fourth-order valence-corrected chi connectivity index (χ4v) is 4.28. The number of aliphatic carboxylic acids is 1. The van der Waals surface area contributed by atoms with Crippen molar-refractivity contribution in [1.82, 2.24) is 10.2 Å². The van der Waals surface area contributed by atoms with E-state index in [4.69, 9.17) is 15.8 Å². The summed E-state index contributed by atoms with van der Waals surface area (Å²) in [5.41, 5.74) is 7.65. The minimum Gasteiger partial charge on any atom is -0.480 e. The highest BCUT2D eigenvalue weighted by molar-refractivity contribution is 6.40. The van der Waals surface area contributed by atoms with E-state index in [-0.39, 0.29) is 18.3 Å². The maximum absolute atomic E-state index is 11.8. The lowest BCUT2D eigenvalue weighted by molar-refractivity contribution is -0.144. The zero-order chi connectivity index (χ0) is 18.7. The van der Waals surface area contributed by atoms with Crippen molar-refractivity contribution >= 4 is 13.1 Å². The van der Waals surface area contributed by atoms with E-state index in [1.807, 2.05) is 6.07 Å². The Bertz CT molecular complexity index is 645. The van der Waals surface area contributed by atoms with Gasteiger partial charge in [-0.1, -0.05) is 30.7 Å². The number of nitrogens with two attached hydrogens (primary N) is 1. The maximum Gasteiger partial charge on any atom is 0.451 e. The van der Waals surface area contributed by atoms with Gasteiger partial charge in [0.25, 0.3) is 0 Å². The quantitative estimate of drug-likeness (QED) is 0.422. The number of hydrogen-bond donors (Lipinski definition) is 5. The molecule has 0 radical (unpaired) electrons. The lowest BCUT2D eigenvalue weighted by atomic mass is 9.78. The minimum atomic E-state index is -1.35. The van der Waals surface area contributed by atoms with E-state index in [9.17, 15) is 9.90 Å². The Hall–Kier alpha value is -1.45. The van der Waals surface area contributed by atoms with Crippen molar-refractivity contribution in [1.29, 1.82) is 0 Å². The van der Waals surface area contributed by atoms with E-state index < -0.39 is 18.6 Å². The number of likely N-dealkylation sites (tertiary alicyclic amines) is 1. The zero-order valence-electron chi connectivity index (χ0n) is 15.0. The fourth-order valence-electron chi connectivity index (χ4n) is 4.28. The zero-order valence-corrected chi connectivity index (χ0v) is 15.0. The summed E-state index contributed by atoms with van der Waals surface area (Å²) in [5, 5.41) is 31.2. The van der Waals surface area contributed by atoms with Crippen molar-refractivity contribution < 1.29 is 19.9 Å². The molecule has 2 heterocycles. The second-order valence-corrected chi connectivity index (χ2v) is 7.70. The van der Waals surface area contributed by atoms with Crippen LogP contribution in [0.25, 0.3) is 0 Å². The number of nitrogens with one attached hydrogen (secondary N) is 1. The first-order valence-corrected chi connectivity index (χ1v) is 9.29. The van der Waals surface area contributed by atoms with Crippen LogP contribution in [0.2, 0.25) is 6.32 Å². The number of rotatable bonds is 7. The van der Waals surface area contributed by atoms with Gasteiger partial charge in [0.15, 0.2) is 0 Å². The summed E-state index contributed by atoms with van der Waals surface area (Å²) in [6.45, 7) is 2.55. The van der Waals surface area contributed by atoms with E-state index in [0.717, 1.165) is 19.5 Å². The van der Waals surface area contributed by atoms with E-state index in [0.29, 0.717) is 25.9 Å². The molecule has 3 rings (SSSR count). The Morgan fingerprint density at radius 3 is 2.77 bits per heavy atom. The normalized spacial score (nSPS) is 28.7. The molecule has 26 heavy (non-hydrogen) atoms. The van der Waals surface area contributed by atoms with Crippen molar-refractivity contribution in [2.75, 3.05) is 19.6 Å². The van der Waals surface area contributed by atoms with Crippen LogP contribution in [0.1, 0.15) is 24.0 Å². The second kappa shape index (κ2) is 8.06. The summed E-state index contributed by atoms with van der Waals surface area (Å²) in [5.74, 6) is -1.16. The van der Waals surface area contributed by atoms with Crippen molar-refractivity contribution in [3.63, 3.8) is 0 Å². The molecule has 1 aromatic rings. The Morgan fingerprint density at radius 2 is 2.08 bits per heavy atom. The van der Waals surface area contributed by atoms with Crippen LogP contribution in [-0.2, 0) is 17.8 Å². The largest absolute Gasteiger partial charge is 0.480 e. The first kappa shape index (κ1) is 19.3. The highest BCUT2D eigenvalue weighted by Crippen LogP contribution is 2.31. The maximum atomic E-state index is 11.8. The number of nitrogens with zero attached hydrogens (tertiary/aromatic N) is 1. The van der Waals surface area contributed by atoms with Crippen molar-refractivity contribution in [3.05, 3.63) is 35.4 Å². The van der Waals surface area contributed by atoms with Crippen LogP contribution < -0.4 is 11.1 Å². The lowest BCUT2D eigenvalue weighted by Gasteiger charge is -2.30. The third-order valence-electron chi connectivity index (χ3n) is 5.75. The smallest absolute Gasteiger partial charge is 0.451 e. The lowest BCUT2D eigenvalue weighted by Crippen LogP contribution is -2.55. The van der Waals surface area contributed by atoms with Crippen LogP contribution in [0.4, 0.5) is 0 Å². The highest BCUT2D eigenvalue weighted by atomic mass is 16.4. The monoisotopic (exact) mass is 361 g/mol. The molecule has 1 aromatic carbocycles. The number of carboxylic acids is 1. The van der Waals surface area contributed by atoms with Crippen LogP contribution in [0, 0.1) is 5.92 Å². The topological polar surface area (TPSA) is 119 Å². The Morgan fingerprint density at radius 1 is 1.35 bits per heavy atom. The van der Waals surface area contributed by atoms with Crippen LogP contribution in [0.15, 0.2) is 24.3 Å². The number of carbonyl (C=O) groups is 1. The third kappa shape index (κ3) is 4.27. The van der Waals surface area contributed by atoms with Crippen molar-refractivity contribution in [2.24, 2.45) is 11.7 Å². The molecule has 142 valence electrons. The average Bonchev–Trinajstić information content (AvgIpc) is 2.91. The first-order valence-electron chi connectivity index (χ1n) is 9.29. The van der Waals surface area contributed by atoms with Gasteiger partial charge in [0, 0.05) is 38.1 Å². The molecule has 0 spiro atoms. The number of carboxylic acid groups (broad SMARTS) is 1. The molecular formula is C18H28BN3O4. The molecule has 1 unspecified atom stereocenters. The van der Waals surface area contributed by atoms with Crippen LogP contribution in [0.3, 0.4) is 0 Å². The molecule has 8 heteroatoms. The molecule has 2 aliphatic heterocycles. The predicted molar refractivity (Wildman–Crippen MR) is 99.5 cm³/mol. The van der Waals surface area contributed by atoms with Gasteiger partial charge in [0.1, 0.15) is 5.54 Å². The van der Waals surface area contributed by atoms with Gasteiger partial charge in [-0.3, -0.25) is 9.69 Å². The van der Waals surface area contributed by atoms with Gasteiger partial charge in [-0.15, -0.1) is 0 Å². The second-order valence-electron chi connectivity index (χ2n) is 7.70. The Balaban J connectivity index is 1.60. The van der Waals surface area contributed by atoms with E-state index in [2.05, 4.69) is 28.4 Å². The molecular weight excluding hydrogens is 333 g/mol. The molecule has 7 nitrogen and oxygen atoms in total. The molecule has 0 aliphatic carbocycles. The summed E-state index contributed by atoms with van der Waals surface area (Å²) in [6, 6.07) is 8.67. The standard InChI is InChI=1S/C18H28BN3O4/c20-18(17(23)24)12-22(10-15(18)6-3-7-19(25)26)11-16-8-13-4-1-2-5-14(13)9-21-16/h1-2,4-5,15-16,21,25-26H,3,6-12,20H2,(H,23,24)/t15-,16?,18-/m0/s1. The SMILES string of the molecule is N[C@@]1(C(=O)O)CN(CC2Cc3ccccc3CN2)C[C@@H]1CCCB(O)O. The van der Waals surface area contributed by atoms with Gasteiger partial charge in [0.05, 0.1) is 0 Å². The molecule has 0 amide bonds. The molecule has 0 saturated carbocycles. The van der Waals surface area contributed by atoms with Crippen LogP contribution in [-0.4, -0.2) is 64.4 Å². The molecule has 2 aliphatic rings. The molecule has 1 saturated heterocycles. The number of fused-ring (bicyclic) bond motifs is 1. The Kier molecular flexibility index (Phi) is 5.99. The first-order chi connectivity index (χ1) is 12.4. The third-order valence-corrected chi connectivity index (χ3v) is 5.75. The molecule has 1 fully saturated rings. The van der Waals surface area contributed by atoms with Gasteiger partial charge >= 0.3 is 13.1 Å². The molecule has 0 aromatic heterocycles. The van der Waals surface area contributed by atoms with Crippen molar-refractivity contribution in [2.45, 2.75) is 43.7 Å². The molecule has 0 bridgehead atoms. The van der Waals surface area contributed by atoms with Gasteiger partial charge < -0.3 is 26.2 Å².